The first-order chi connectivity index (χ1) is 10.4. The monoisotopic (exact) mass is 298 g/mol. The van der Waals surface area contributed by atoms with E-state index >= 15 is 0 Å². The van der Waals surface area contributed by atoms with Gasteiger partial charge in [-0.3, -0.25) is 4.79 Å². The van der Waals surface area contributed by atoms with Crippen molar-refractivity contribution in [2.45, 2.75) is 41.2 Å². The molecule has 0 amide bonds. The summed E-state index contributed by atoms with van der Waals surface area (Å²) in [5.41, 5.74) is 5.45. The average Bonchev–Trinajstić information content (AvgIpc) is 2.44. The second kappa shape index (κ2) is 6.93. The Labute approximate surface area is 133 Å². The second-order valence-corrected chi connectivity index (χ2v) is 6.49. The number of hydrogen-bond acceptors (Lipinski definition) is 2. The van der Waals surface area contributed by atoms with Crippen molar-refractivity contribution in [3.63, 3.8) is 0 Å². The van der Waals surface area contributed by atoms with Gasteiger partial charge >= 0.3 is 0 Å². The summed E-state index contributed by atoms with van der Waals surface area (Å²) >= 11 is 0. The second-order valence-electron chi connectivity index (χ2n) is 6.49. The maximum Gasteiger partial charge on any atom is 0.186 e. The number of hydrogen-bond donors (Lipinski definition) is 1. The summed E-state index contributed by atoms with van der Waals surface area (Å²) in [4.78, 5) is 12.2. The van der Waals surface area contributed by atoms with Gasteiger partial charge in [0.05, 0.1) is 0 Å². The summed E-state index contributed by atoms with van der Waals surface area (Å²) in [7, 11) is 0. The van der Waals surface area contributed by atoms with Crippen molar-refractivity contribution in [3.8, 4) is 5.69 Å². The van der Waals surface area contributed by atoms with E-state index in [1.165, 1.54) is 11.1 Å². The van der Waals surface area contributed by atoms with Crippen molar-refractivity contribution in [1.29, 1.82) is 0 Å². The summed E-state index contributed by atoms with van der Waals surface area (Å²) in [6.45, 7) is 12.0. The van der Waals surface area contributed by atoms with Crippen LogP contribution in [-0.2, 0) is 6.54 Å². The number of pyridine rings is 1. The van der Waals surface area contributed by atoms with Crippen molar-refractivity contribution in [2.24, 2.45) is 5.92 Å². The highest BCUT2D eigenvalue weighted by Crippen LogP contribution is 2.17. The zero-order valence-electron chi connectivity index (χ0n) is 14.2. The van der Waals surface area contributed by atoms with Crippen LogP contribution < -0.4 is 10.7 Å². The van der Waals surface area contributed by atoms with Gasteiger partial charge in [-0.05, 0) is 50.4 Å². The summed E-state index contributed by atoms with van der Waals surface area (Å²) < 4.78 is 2.12. The van der Waals surface area contributed by atoms with Gasteiger partial charge in [-0.2, -0.15) is 0 Å². The molecular weight excluding hydrogens is 272 g/mol. The Bertz CT molecular complexity index is 714. The maximum absolute atomic E-state index is 12.2. The highest BCUT2D eigenvalue weighted by atomic mass is 16.1. The lowest BCUT2D eigenvalue weighted by Gasteiger charge is -2.16. The fourth-order valence-corrected chi connectivity index (χ4v) is 2.54. The molecule has 0 fully saturated rings. The smallest absolute Gasteiger partial charge is 0.186 e. The van der Waals surface area contributed by atoms with E-state index in [2.05, 4.69) is 55.8 Å². The first-order valence-corrected chi connectivity index (χ1v) is 7.89. The van der Waals surface area contributed by atoms with Crippen molar-refractivity contribution in [2.75, 3.05) is 6.54 Å². The Kier molecular flexibility index (Phi) is 5.19. The van der Waals surface area contributed by atoms with E-state index in [4.69, 9.17) is 0 Å². The van der Waals surface area contributed by atoms with E-state index in [1.54, 1.807) is 6.07 Å². The minimum absolute atomic E-state index is 0.107. The largest absolute Gasteiger partial charge is 0.320 e. The van der Waals surface area contributed by atoms with Crippen LogP contribution in [0.4, 0.5) is 0 Å². The van der Waals surface area contributed by atoms with Crippen LogP contribution in [0.1, 0.15) is 36.2 Å². The minimum atomic E-state index is 0.107. The van der Waals surface area contributed by atoms with Gasteiger partial charge < -0.3 is 9.88 Å². The predicted molar refractivity (Wildman–Crippen MR) is 92.8 cm³/mol. The van der Waals surface area contributed by atoms with E-state index in [0.717, 1.165) is 23.5 Å². The minimum Gasteiger partial charge on any atom is -0.320 e. The standard InChI is InChI=1S/C19H26N2O/c1-13(2)10-20-11-17-12-21(16(5)9-19(17)22)18-8-14(3)6-7-15(18)4/h6-9,12-13,20H,10-11H2,1-5H3. The molecule has 0 spiro atoms. The Morgan fingerprint density at radius 1 is 1.14 bits per heavy atom. The molecule has 1 aromatic heterocycles. The van der Waals surface area contributed by atoms with Crippen LogP contribution in [0.5, 0.6) is 0 Å². The number of nitrogens with one attached hydrogen (secondary N) is 1. The lowest BCUT2D eigenvalue weighted by atomic mass is 10.1. The molecule has 0 bridgehead atoms. The zero-order chi connectivity index (χ0) is 16.3. The Balaban J connectivity index is 2.40. The molecule has 1 heterocycles. The van der Waals surface area contributed by atoms with Crippen molar-refractivity contribution < 1.29 is 0 Å². The molecule has 118 valence electrons. The first kappa shape index (κ1) is 16.5. The fraction of sp³-hybridized carbons (Fsp3) is 0.421. The summed E-state index contributed by atoms with van der Waals surface area (Å²) in [6, 6.07) is 8.13. The Morgan fingerprint density at radius 3 is 2.55 bits per heavy atom. The molecule has 0 aliphatic heterocycles. The zero-order valence-corrected chi connectivity index (χ0v) is 14.2. The topological polar surface area (TPSA) is 34.0 Å². The molecule has 3 heteroatoms. The molecule has 0 atom stereocenters. The molecule has 22 heavy (non-hydrogen) atoms. The third-order valence-corrected chi connectivity index (χ3v) is 3.81. The predicted octanol–water partition coefficient (Wildman–Crippen LogP) is 3.51. The van der Waals surface area contributed by atoms with Crippen LogP contribution in [0.3, 0.4) is 0 Å². The third-order valence-electron chi connectivity index (χ3n) is 3.81. The molecule has 0 aliphatic carbocycles. The SMILES string of the molecule is Cc1ccc(C)c(-n2cc(CNCC(C)C)c(=O)cc2C)c1. The highest BCUT2D eigenvalue weighted by Gasteiger charge is 2.08. The molecule has 0 radical (unpaired) electrons. The van der Waals surface area contributed by atoms with E-state index in [-0.39, 0.29) is 5.43 Å². The van der Waals surface area contributed by atoms with E-state index < -0.39 is 0 Å². The molecule has 0 saturated carbocycles. The number of benzene rings is 1. The molecule has 2 aromatic rings. The molecule has 2 rings (SSSR count). The van der Waals surface area contributed by atoms with Crippen molar-refractivity contribution >= 4 is 0 Å². The molecule has 0 unspecified atom stereocenters. The van der Waals surface area contributed by atoms with Crippen molar-refractivity contribution in [1.82, 2.24) is 9.88 Å². The maximum atomic E-state index is 12.2. The van der Waals surface area contributed by atoms with Gasteiger partial charge in [-0.1, -0.05) is 26.0 Å². The number of aryl methyl sites for hydroxylation is 3. The van der Waals surface area contributed by atoms with E-state index in [1.807, 2.05) is 13.1 Å². The molecule has 1 aromatic carbocycles. The molecule has 0 saturated heterocycles. The van der Waals surface area contributed by atoms with Crippen LogP contribution in [0, 0.1) is 26.7 Å². The lowest BCUT2D eigenvalue weighted by Crippen LogP contribution is -2.24. The van der Waals surface area contributed by atoms with Crippen LogP contribution in [0.2, 0.25) is 0 Å². The van der Waals surface area contributed by atoms with Crippen LogP contribution in [-0.4, -0.2) is 11.1 Å². The van der Waals surface area contributed by atoms with Gasteiger partial charge in [0.15, 0.2) is 5.43 Å². The van der Waals surface area contributed by atoms with Gasteiger partial charge in [0.25, 0.3) is 0 Å². The number of aromatic nitrogens is 1. The highest BCUT2D eigenvalue weighted by molar-refractivity contribution is 5.45. The Morgan fingerprint density at radius 2 is 1.86 bits per heavy atom. The summed E-state index contributed by atoms with van der Waals surface area (Å²) in [5, 5.41) is 3.35. The first-order valence-electron chi connectivity index (χ1n) is 7.89. The number of rotatable bonds is 5. The average molecular weight is 298 g/mol. The summed E-state index contributed by atoms with van der Waals surface area (Å²) in [5.74, 6) is 0.576. The summed E-state index contributed by atoms with van der Waals surface area (Å²) in [6.07, 6.45) is 1.98. The molecule has 1 N–H and O–H groups in total. The van der Waals surface area contributed by atoms with Gasteiger partial charge in [0.2, 0.25) is 0 Å². The molecule has 0 aliphatic rings. The normalized spacial score (nSPS) is 11.2. The van der Waals surface area contributed by atoms with Crippen LogP contribution in [0.15, 0.2) is 35.3 Å². The lowest BCUT2D eigenvalue weighted by molar-refractivity contribution is 0.550. The van der Waals surface area contributed by atoms with Crippen molar-refractivity contribution in [3.05, 3.63) is 63.1 Å². The number of nitrogens with zero attached hydrogens (tertiary/aromatic N) is 1. The molecular formula is C19H26N2O. The van der Waals surface area contributed by atoms with Gasteiger partial charge in [-0.25, -0.2) is 0 Å². The van der Waals surface area contributed by atoms with E-state index in [9.17, 15) is 4.79 Å². The quantitative estimate of drug-likeness (QED) is 0.916. The van der Waals surface area contributed by atoms with Gasteiger partial charge in [-0.15, -0.1) is 0 Å². The van der Waals surface area contributed by atoms with Gasteiger partial charge in [0.1, 0.15) is 0 Å². The third kappa shape index (κ3) is 3.86. The van der Waals surface area contributed by atoms with Crippen LogP contribution >= 0.6 is 0 Å². The van der Waals surface area contributed by atoms with Crippen LogP contribution in [0.25, 0.3) is 5.69 Å². The Hall–Kier alpha value is -1.87. The molecule has 3 nitrogen and oxygen atoms in total. The van der Waals surface area contributed by atoms with E-state index in [0.29, 0.717) is 12.5 Å². The van der Waals surface area contributed by atoms with Gasteiger partial charge in [0, 0.05) is 35.8 Å². The fourth-order valence-electron chi connectivity index (χ4n) is 2.54.